The lowest BCUT2D eigenvalue weighted by Gasteiger charge is -2.27. The highest BCUT2D eigenvalue weighted by Crippen LogP contribution is 2.19. The van der Waals surface area contributed by atoms with Crippen LogP contribution in [0.1, 0.15) is 22.6 Å². The largest absolute Gasteiger partial charge is 0.460 e. The van der Waals surface area contributed by atoms with Gasteiger partial charge in [-0.05, 0) is 47.9 Å². The number of nitrogens with one attached hydrogen (secondary N) is 1. The van der Waals surface area contributed by atoms with E-state index in [1.54, 1.807) is 41.3 Å². The topological polar surface area (TPSA) is 79.6 Å². The summed E-state index contributed by atoms with van der Waals surface area (Å²) < 4.78 is 32.7. The first-order valence-electron chi connectivity index (χ1n) is 9.68. The van der Waals surface area contributed by atoms with Crippen molar-refractivity contribution in [2.24, 2.45) is 0 Å². The molecule has 2 heterocycles. The molecular formula is C23H22N2O4S. The van der Waals surface area contributed by atoms with Gasteiger partial charge in [0.05, 0.1) is 11.4 Å². The molecule has 0 aliphatic carbocycles. The van der Waals surface area contributed by atoms with Crippen LogP contribution < -0.4 is 4.72 Å². The number of carbonyl (C=O) groups excluding carboxylic acids is 1. The van der Waals surface area contributed by atoms with Crippen LogP contribution in [-0.2, 0) is 34.3 Å². The molecule has 1 aliphatic rings. The molecule has 3 aromatic rings. The molecule has 6 nitrogen and oxygen atoms in total. The van der Waals surface area contributed by atoms with Crippen molar-refractivity contribution in [2.45, 2.75) is 24.4 Å². The summed E-state index contributed by atoms with van der Waals surface area (Å²) in [6, 6.07) is 19.7. The van der Waals surface area contributed by atoms with Crippen LogP contribution in [0.4, 0.5) is 0 Å². The molecule has 0 spiro atoms. The zero-order valence-corrected chi connectivity index (χ0v) is 17.1. The lowest BCUT2D eigenvalue weighted by Crippen LogP contribution is -2.34. The number of hydrogen-bond donors (Lipinski definition) is 1. The fourth-order valence-corrected chi connectivity index (χ4v) is 4.39. The number of rotatable bonds is 6. The Morgan fingerprint density at radius 2 is 1.73 bits per heavy atom. The summed E-state index contributed by atoms with van der Waals surface area (Å²) in [4.78, 5) is 14.5. The molecular weight excluding hydrogens is 400 g/mol. The predicted octanol–water partition coefficient (Wildman–Crippen LogP) is 3.36. The molecule has 1 amide bonds. The molecule has 0 saturated carbocycles. The Kier molecular flexibility index (Phi) is 5.83. The first-order chi connectivity index (χ1) is 14.5. The lowest BCUT2D eigenvalue weighted by molar-refractivity contribution is -0.126. The minimum absolute atomic E-state index is 0.0297. The minimum atomic E-state index is -3.60. The SMILES string of the molecule is O=C(/C=C/c1ccc(CNS(=O)(=O)c2ccccc2)o1)N1CCc2ccccc2C1. The van der Waals surface area contributed by atoms with Gasteiger partial charge in [0.2, 0.25) is 15.9 Å². The quantitative estimate of drug-likeness (QED) is 0.618. The van der Waals surface area contributed by atoms with Crippen molar-refractivity contribution >= 4 is 22.0 Å². The first kappa shape index (κ1) is 20.1. The zero-order chi connectivity index (χ0) is 21.0. The van der Waals surface area contributed by atoms with Gasteiger partial charge >= 0.3 is 0 Å². The van der Waals surface area contributed by atoms with Crippen molar-refractivity contribution in [1.82, 2.24) is 9.62 Å². The van der Waals surface area contributed by atoms with Crippen LogP contribution in [0.5, 0.6) is 0 Å². The summed E-state index contributed by atoms with van der Waals surface area (Å²) in [5.41, 5.74) is 2.47. The second kappa shape index (κ2) is 8.69. The molecule has 7 heteroatoms. The van der Waals surface area contributed by atoms with E-state index in [1.807, 2.05) is 18.2 Å². The fourth-order valence-electron chi connectivity index (χ4n) is 3.37. The van der Waals surface area contributed by atoms with E-state index in [-0.39, 0.29) is 17.3 Å². The van der Waals surface area contributed by atoms with Crippen LogP contribution in [0.3, 0.4) is 0 Å². The summed E-state index contributed by atoms with van der Waals surface area (Å²) >= 11 is 0. The number of furan rings is 1. The molecule has 0 fully saturated rings. The molecule has 0 atom stereocenters. The molecule has 1 N–H and O–H groups in total. The molecule has 0 unspecified atom stereocenters. The summed E-state index contributed by atoms with van der Waals surface area (Å²) in [6.07, 6.45) is 3.95. The third kappa shape index (κ3) is 4.69. The summed E-state index contributed by atoms with van der Waals surface area (Å²) in [5, 5.41) is 0. The van der Waals surface area contributed by atoms with Gasteiger partial charge in [0.1, 0.15) is 11.5 Å². The zero-order valence-electron chi connectivity index (χ0n) is 16.3. The monoisotopic (exact) mass is 422 g/mol. The van der Waals surface area contributed by atoms with E-state index in [1.165, 1.54) is 29.3 Å². The van der Waals surface area contributed by atoms with Crippen molar-refractivity contribution in [1.29, 1.82) is 0 Å². The Bertz CT molecular complexity index is 1170. The maximum atomic E-state index is 12.5. The van der Waals surface area contributed by atoms with Crippen LogP contribution in [0.15, 0.2) is 82.1 Å². The second-order valence-corrected chi connectivity index (χ2v) is 8.82. The molecule has 30 heavy (non-hydrogen) atoms. The predicted molar refractivity (Wildman–Crippen MR) is 114 cm³/mol. The fraction of sp³-hybridized carbons (Fsp3) is 0.174. The number of fused-ring (bicyclic) bond motifs is 1. The standard InChI is InChI=1S/C23H22N2O4S/c26-23(25-15-14-18-6-4-5-7-19(18)17-25)13-12-20-10-11-21(29-20)16-24-30(27,28)22-8-2-1-3-9-22/h1-13,24H,14-17H2/b13-12+. The van der Waals surface area contributed by atoms with Gasteiger partial charge in [0.25, 0.3) is 0 Å². The van der Waals surface area contributed by atoms with Gasteiger partial charge in [0, 0.05) is 19.2 Å². The van der Waals surface area contributed by atoms with Gasteiger partial charge in [-0.25, -0.2) is 13.1 Å². The highest BCUT2D eigenvalue weighted by atomic mass is 32.2. The van der Waals surface area contributed by atoms with Crippen molar-refractivity contribution in [3.8, 4) is 0 Å². The molecule has 0 radical (unpaired) electrons. The number of amides is 1. The van der Waals surface area contributed by atoms with E-state index in [4.69, 9.17) is 4.42 Å². The Morgan fingerprint density at radius 1 is 1.00 bits per heavy atom. The van der Waals surface area contributed by atoms with Gasteiger partial charge < -0.3 is 9.32 Å². The van der Waals surface area contributed by atoms with Gasteiger partial charge in [-0.15, -0.1) is 0 Å². The highest BCUT2D eigenvalue weighted by molar-refractivity contribution is 7.89. The molecule has 154 valence electrons. The third-order valence-electron chi connectivity index (χ3n) is 5.00. The number of benzene rings is 2. The lowest BCUT2D eigenvalue weighted by atomic mass is 10.00. The molecule has 1 aliphatic heterocycles. The van der Waals surface area contributed by atoms with Crippen molar-refractivity contribution in [2.75, 3.05) is 6.54 Å². The molecule has 2 aromatic carbocycles. The van der Waals surface area contributed by atoms with E-state index >= 15 is 0 Å². The summed E-state index contributed by atoms with van der Waals surface area (Å²) in [6.45, 7) is 1.32. The Balaban J connectivity index is 1.34. The molecule has 4 rings (SSSR count). The Labute approximate surface area is 175 Å². The van der Waals surface area contributed by atoms with E-state index in [0.29, 0.717) is 24.6 Å². The normalized spacial score (nSPS) is 14.1. The van der Waals surface area contributed by atoms with Crippen molar-refractivity contribution < 1.29 is 17.6 Å². The van der Waals surface area contributed by atoms with Crippen molar-refractivity contribution in [3.05, 3.63) is 95.5 Å². The third-order valence-corrected chi connectivity index (χ3v) is 6.42. The number of hydrogen-bond acceptors (Lipinski definition) is 4. The Hall–Kier alpha value is -3.16. The van der Waals surface area contributed by atoms with Gasteiger partial charge in [-0.2, -0.15) is 0 Å². The van der Waals surface area contributed by atoms with Crippen LogP contribution in [0, 0.1) is 0 Å². The molecule has 0 bridgehead atoms. The van der Waals surface area contributed by atoms with Gasteiger partial charge in [-0.3, -0.25) is 4.79 Å². The van der Waals surface area contributed by atoms with Crippen LogP contribution in [0.2, 0.25) is 0 Å². The van der Waals surface area contributed by atoms with E-state index in [0.717, 1.165) is 6.42 Å². The Morgan fingerprint density at radius 3 is 2.53 bits per heavy atom. The summed E-state index contributed by atoms with van der Waals surface area (Å²) in [7, 11) is -3.60. The smallest absolute Gasteiger partial charge is 0.246 e. The van der Waals surface area contributed by atoms with E-state index < -0.39 is 10.0 Å². The molecule has 1 aromatic heterocycles. The van der Waals surface area contributed by atoms with E-state index in [2.05, 4.69) is 10.8 Å². The number of carbonyl (C=O) groups is 1. The van der Waals surface area contributed by atoms with Gasteiger partial charge in [-0.1, -0.05) is 42.5 Å². The number of sulfonamides is 1. The average molecular weight is 423 g/mol. The number of nitrogens with zero attached hydrogens (tertiary/aromatic N) is 1. The van der Waals surface area contributed by atoms with E-state index in [9.17, 15) is 13.2 Å². The summed E-state index contributed by atoms with van der Waals surface area (Å²) in [5.74, 6) is 0.885. The van der Waals surface area contributed by atoms with Crippen LogP contribution >= 0.6 is 0 Å². The minimum Gasteiger partial charge on any atom is -0.460 e. The maximum Gasteiger partial charge on any atom is 0.246 e. The van der Waals surface area contributed by atoms with Crippen LogP contribution in [0.25, 0.3) is 6.08 Å². The average Bonchev–Trinajstić information content (AvgIpc) is 3.24. The first-order valence-corrected chi connectivity index (χ1v) is 11.2. The van der Waals surface area contributed by atoms with Crippen molar-refractivity contribution in [3.63, 3.8) is 0 Å². The van der Waals surface area contributed by atoms with Crippen LogP contribution in [-0.4, -0.2) is 25.8 Å². The van der Waals surface area contributed by atoms with Gasteiger partial charge in [0.15, 0.2) is 0 Å². The highest BCUT2D eigenvalue weighted by Gasteiger charge is 2.18. The second-order valence-electron chi connectivity index (χ2n) is 7.05. The molecule has 0 saturated heterocycles. The maximum absolute atomic E-state index is 12.5.